The zero-order chi connectivity index (χ0) is 14.3. The number of nitrogens with zero attached hydrogens (tertiary/aromatic N) is 1. The van der Waals surface area contributed by atoms with Gasteiger partial charge in [-0.1, -0.05) is 18.2 Å². The van der Waals surface area contributed by atoms with E-state index in [1.54, 1.807) is 36.4 Å². The molecule has 0 saturated heterocycles. The van der Waals surface area contributed by atoms with E-state index in [4.69, 9.17) is 4.74 Å². The molecule has 1 heterocycles. The maximum absolute atomic E-state index is 13.2. The van der Waals surface area contributed by atoms with Gasteiger partial charge >= 0.3 is 6.18 Å². The Bertz CT molecular complexity index is 796. The van der Waals surface area contributed by atoms with Crippen molar-refractivity contribution >= 4 is 21.7 Å². The van der Waals surface area contributed by atoms with Crippen LogP contribution in [0.1, 0.15) is 5.69 Å². The average molecular weight is 277 g/mol. The van der Waals surface area contributed by atoms with Crippen molar-refractivity contribution in [2.24, 2.45) is 0 Å². The van der Waals surface area contributed by atoms with Gasteiger partial charge in [-0.15, -0.1) is 0 Å². The Hall–Kier alpha value is -2.30. The lowest BCUT2D eigenvalue weighted by atomic mass is 10.0. The monoisotopic (exact) mass is 277 g/mol. The van der Waals surface area contributed by atoms with Gasteiger partial charge in [0.25, 0.3) is 0 Å². The van der Waals surface area contributed by atoms with Crippen molar-refractivity contribution in [2.75, 3.05) is 7.11 Å². The van der Waals surface area contributed by atoms with Gasteiger partial charge in [0.05, 0.1) is 12.6 Å². The number of methoxy groups -OCH3 is 1. The number of aromatic nitrogens is 1. The first-order chi connectivity index (χ1) is 9.50. The van der Waals surface area contributed by atoms with Crippen molar-refractivity contribution in [3.8, 4) is 5.75 Å². The van der Waals surface area contributed by atoms with E-state index in [9.17, 15) is 13.2 Å². The van der Waals surface area contributed by atoms with Crippen LogP contribution in [-0.2, 0) is 6.18 Å². The second kappa shape index (κ2) is 4.37. The van der Waals surface area contributed by atoms with Gasteiger partial charge in [-0.3, -0.25) is 0 Å². The summed E-state index contributed by atoms with van der Waals surface area (Å²) >= 11 is 0. The van der Waals surface area contributed by atoms with E-state index >= 15 is 0 Å². The Kier molecular flexibility index (Phi) is 2.78. The summed E-state index contributed by atoms with van der Waals surface area (Å²) in [6.07, 6.45) is -4.51. The van der Waals surface area contributed by atoms with E-state index in [0.717, 1.165) is 0 Å². The molecule has 2 aromatic carbocycles. The van der Waals surface area contributed by atoms with Crippen LogP contribution in [0.25, 0.3) is 21.7 Å². The van der Waals surface area contributed by atoms with Crippen molar-refractivity contribution in [3.63, 3.8) is 0 Å². The lowest BCUT2D eigenvalue weighted by Gasteiger charge is -2.13. The molecular formula is C15H10F3NO. The highest BCUT2D eigenvalue weighted by atomic mass is 19.4. The summed E-state index contributed by atoms with van der Waals surface area (Å²) in [6.45, 7) is 0. The second-order valence-electron chi connectivity index (χ2n) is 4.39. The Morgan fingerprint density at radius 2 is 1.70 bits per heavy atom. The number of halogens is 3. The smallest absolute Gasteiger partial charge is 0.433 e. The second-order valence-corrected chi connectivity index (χ2v) is 4.39. The van der Waals surface area contributed by atoms with Crippen LogP contribution < -0.4 is 4.74 Å². The molecule has 0 amide bonds. The number of alkyl halides is 3. The van der Waals surface area contributed by atoms with Gasteiger partial charge in [0.15, 0.2) is 5.69 Å². The highest BCUT2D eigenvalue weighted by Gasteiger charge is 2.35. The lowest BCUT2D eigenvalue weighted by Crippen LogP contribution is -2.09. The first-order valence-electron chi connectivity index (χ1n) is 5.94. The van der Waals surface area contributed by atoms with Crippen LogP contribution in [0.3, 0.4) is 0 Å². The number of rotatable bonds is 1. The van der Waals surface area contributed by atoms with E-state index in [-0.39, 0.29) is 5.39 Å². The van der Waals surface area contributed by atoms with Crippen LogP contribution in [0.15, 0.2) is 42.5 Å². The fraction of sp³-hybridized carbons (Fsp3) is 0.133. The fourth-order valence-electron chi connectivity index (χ4n) is 2.28. The van der Waals surface area contributed by atoms with E-state index in [0.29, 0.717) is 22.0 Å². The van der Waals surface area contributed by atoms with Crippen LogP contribution in [0.4, 0.5) is 13.2 Å². The normalized spacial score (nSPS) is 12.0. The highest BCUT2D eigenvalue weighted by Crippen LogP contribution is 2.37. The molecule has 0 aliphatic carbocycles. The molecule has 0 spiro atoms. The van der Waals surface area contributed by atoms with E-state index in [1.165, 1.54) is 13.2 Å². The van der Waals surface area contributed by atoms with Crippen LogP contribution >= 0.6 is 0 Å². The molecule has 0 N–H and O–H groups in total. The average Bonchev–Trinajstić information content (AvgIpc) is 2.44. The molecular weight excluding hydrogens is 267 g/mol. The van der Waals surface area contributed by atoms with Gasteiger partial charge < -0.3 is 4.74 Å². The zero-order valence-electron chi connectivity index (χ0n) is 10.5. The number of pyridine rings is 1. The maximum Gasteiger partial charge on any atom is 0.433 e. The standard InChI is InChI=1S/C15H10F3NO/c1-20-9-6-7-10-11-4-2-3-5-13(11)19-14(12(10)8-9)15(16,17)18/h2-8H,1H3. The van der Waals surface area contributed by atoms with Crippen molar-refractivity contribution in [3.05, 3.63) is 48.2 Å². The molecule has 102 valence electrons. The van der Waals surface area contributed by atoms with Crippen molar-refractivity contribution in [2.45, 2.75) is 6.18 Å². The summed E-state index contributed by atoms with van der Waals surface area (Å²) in [5.41, 5.74) is -0.553. The van der Waals surface area contributed by atoms with Crippen molar-refractivity contribution in [1.29, 1.82) is 0 Å². The Morgan fingerprint density at radius 3 is 2.40 bits per heavy atom. The van der Waals surface area contributed by atoms with Gasteiger partial charge in [-0.05, 0) is 29.7 Å². The minimum atomic E-state index is -4.51. The highest BCUT2D eigenvalue weighted by molar-refractivity contribution is 6.07. The molecule has 0 aliphatic rings. The van der Waals surface area contributed by atoms with Gasteiger partial charge in [-0.2, -0.15) is 13.2 Å². The number of hydrogen-bond donors (Lipinski definition) is 0. The molecule has 0 saturated carbocycles. The summed E-state index contributed by atoms with van der Waals surface area (Å²) in [7, 11) is 1.42. The van der Waals surface area contributed by atoms with E-state index in [1.807, 2.05) is 0 Å². The topological polar surface area (TPSA) is 22.1 Å². The van der Waals surface area contributed by atoms with Crippen molar-refractivity contribution in [1.82, 2.24) is 4.98 Å². The number of ether oxygens (including phenoxy) is 1. The molecule has 5 heteroatoms. The molecule has 3 aromatic rings. The predicted molar refractivity (Wildman–Crippen MR) is 70.8 cm³/mol. The number of fused-ring (bicyclic) bond motifs is 3. The molecule has 0 fully saturated rings. The van der Waals surface area contributed by atoms with E-state index < -0.39 is 11.9 Å². The molecule has 0 atom stereocenters. The molecule has 0 aliphatic heterocycles. The number of hydrogen-bond acceptors (Lipinski definition) is 2. The predicted octanol–water partition coefficient (Wildman–Crippen LogP) is 4.42. The summed E-state index contributed by atoms with van der Waals surface area (Å²) in [4.78, 5) is 3.77. The van der Waals surface area contributed by atoms with Gasteiger partial charge in [-0.25, -0.2) is 4.98 Å². The Balaban J connectivity index is 2.50. The molecule has 0 unspecified atom stereocenters. The number of benzene rings is 2. The summed E-state index contributed by atoms with van der Waals surface area (Å²) in [6, 6.07) is 11.4. The Labute approximate surface area is 112 Å². The van der Waals surface area contributed by atoms with E-state index in [2.05, 4.69) is 4.98 Å². The molecule has 2 nitrogen and oxygen atoms in total. The van der Waals surface area contributed by atoms with Crippen LogP contribution in [0, 0.1) is 0 Å². The van der Waals surface area contributed by atoms with Crippen LogP contribution in [0.2, 0.25) is 0 Å². The largest absolute Gasteiger partial charge is 0.497 e. The summed E-state index contributed by atoms with van der Waals surface area (Å²) in [5, 5.41) is 1.26. The third-order valence-electron chi connectivity index (χ3n) is 3.18. The fourth-order valence-corrected chi connectivity index (χ4v) is 2.28. The van der Waals surface area contributed by atoms with Gasteiger partial charge in [0.1, 0.15) is 5.75 Å². The molecule has 0 radical (unpaired) electrons. The van der Waals surface area contributed by atoms with Gasteiger partial charge in [0.2, 0.25) is 0 Å². The summed E-state index contributed by atoms with van der Waals surface area (Å²) < 4.78 is 44.5. The van der Waals surface area contributed by atoms with Crippen LogP contribution in [-0.4, -0.2) is 12.1 Å². The summed E-state index contributed by atoms with van der Waals surface area (Å²) in [5.74, 6) is 0.375. The first-order valence-corrected chi connectivity index (χ1v) is 5.94. The first kappa shape index (κ1) is 12.7. The minimum Gasteiger partial charge on any atom is -0.497 e. The quantitative estimate of drug-likeness (QED) is 0.614. The Morgan fingerprint density at radius 1 is 0.950 bits per heavy atom. The molecule has 3 rings (SSSR count). The molecule has 0 bridgehead atoms. The lowest BCUT2D eigenvalue weighted by molar-refractivity contribution is -0.139. The van der Waals surface area contributed by atoms with Gasteiger partial charge in [0, 0.05) is 10.8 Å². The zero-order valence-corrected chi connectivity index (χ0v) is 10.5. The van der Waals surface area contributed by atoms with Crippen molar-refractivity contribution < 1.29 is 17.9 Å². The maximum atomic E-state index is 13.2. The van der Waals surface area contributed by atoms with Crippen LogP contribution in [0.5, 0.6) is 5.75 Å². The SMILES string of the molecule is COc1ccc2c(c1)c(C(F)(F)F)nc1ccccc12. The molecule has 1 aromatic heterocycles. The number of para-hydroxylation sites is 1. The third-order valence-corrected chi connectivity index (χ3v) is 3.18. The third kappa shape index (κ3) is 1.95. The minimum absolute atomic E-state index is 0.0514. The molecule has 20 heavy (non-hydrogen) atoms.